The summed E-state index contributed by atoms with van der Waals surface area (Å²) < 4.78 is 0. The van der Waals surface area contributed by atoms with Crippen molar-refractivity contribution in [3.8, 4) is 11.3 Å². The number of hydrogen-bond acceptors (Lipinski definition) is 4. The van der Waals surface area contributed by atoms with Gasteiger partial charge in [0.15, 0.2) is 0 Å². The van der Waals surface area contributed by atoms with Crippen LogP contribution in [-0.2, 0) is 0 Å². The fourth-order valence-electron chi connectivity index (χ4n) is 3.20. The van der Waals surface area contributed by atoms with Gasteiger partial charge in [0, 0.05) is 28.6 Å². The van der Waals surface area contributed by atoms with Crippen molar-refractivity contribution in [1.29, 1.82) is 0 Å². The van der Waals surface area contributed by atoms with Gasteiger partial charge >= 0.3 is 0 Å². The van der Waals surface area contributed by atoms with Gasteiger partial charge in [0.25, 0.3) is 5.91 Å². The number of aromatic nitrogens is 2. The van der Waals surface area contributed by atoms with E-state index in [1.807, 2.05) is 72.8 Å². The molecule has 0 bridgehead atoms. The largest absolute Gasteiger partial charge is 0.340 e. The molecule has 1 aromatic heterocycles. The fraction of sp³-hybridized carbons (Fsp3) is 0.115. The van der Waals surface area contributed by atoms with E-state index in [9.17, 15) is 4.79 Å². The number of amides is 1. The Bertz CT molecular complexity index is 1150. The van der Waals surface area contributed by atoms with E-state index in [2.05, 4.69) is 34.4 Å². The number of carbonyl (C=O) groups excluding carboxylic acids is 1. The van der Waals surface area contributed by atoms with Crippen LogP contribution in [0.25, 0.3) is 11.3 Å². The molecule has 31 heavy (non-hydrogen) atoms. The van der Waals surface area contributed by atoms with Gasteiger partial charge in [-0.1, -0.05) is 56.3 Å². The summed E-state index contributed by atoms with van der Waals surface area (Å²) in [5.74, 6) is 1.01. The third-order valence-electron chi connectivity index (χ3n) is 4.99. The zero-order chi connectivity index (χ0) is 21.6. The van der Waals surface area contributed by atoms with Crippen LogP contribution < -0.4 is 10.6 Å². The van der Waals surface area contributed by atoms with Gasteiger partial charge in [0.1, 0.15) is 12.1 Å². The lowest BCUT2D eigenvalue weighted by molar-refractivity contribution is 0.102. The Labute approximate surface area is 182 Å². The minimum absolute atomic E-state index is 0.141. The molecule has 154 valence electrons. The number of hydrogen-bond donors (Lipinski definition) is 2. The van der Waals surface area contributed by atoms with Crippen LogP contribution in [-0.4, -0.2) is 15.9 Å². The smallest absolute Gasteiger partial charge is 0.255 e. The zero-order valence-corrected chi connectivity index (χ0v) is 17.5. The quantitative estimate of drug-likeness (QED) is 0.395. The number of nitrogens with one attached hydrogen (secondary N) is 2. The highest BCUT2D eigenvalue weighted by Crippen LogP contribution is 2.22. The average molecular weight is 409 g/mol. The summed E-state index contributed by atoms with van der Waals surface area (Å²) in [6, 6.07) is 27.1. The van der Waals surface area contributed by atoms with Crippen LogP contribution in [0.4, 0.5) is 17.2 Å². The van der Waals surface area contributed by atoms with Gasteiger partial charge in [-0.15, -0.1) is 0 Å². The van der Waals surface area contributed by atoms with Crippen LogP contribution in [0.2, 0.25) is 0 Å². The van der Waals surface area contributed by atoms with Crippen molar-refractivity contribution in [2.24, 2.45) is 0 Å². The minimum atomic E-state index is -0.141. The molecule has 1 amide bonds. The molecule has 0 atom stereocenters. The number of anilines is 3. The van der Waals surface area contributed by atoms with E-state index in [1.54, 1.807) is 12.1 Å². The van der Waals surface area contributed by atoms with Gasteiger partial charge in [0.2, 0.25) is 0 Å². The maximum absolute atomic E-state index is 12.6. The molecule has 1 heterocycles. The van der Waals surface area contributed by atoms with Crippen LogP contribution in [0.15, 0.2) is 91.3 Å². The molecule has 0 spiro atoms. The van der Waals surface area contributed by atoms with Gasteiger partial charge in [-0.25, -0.2) is 9.97 Å². The Morgan fingerprint density at radius 1 is 0.806 bits per heavy atom. The van der Waals surface area contributed by atoms with Crippen LogP contribution in [0.1, 0.15) is 35.7 Å². The van der Waals surface area contributed by atoms with Crippen LogP contribution in [0.3, 0.4) is 0 Å². The van der Waals surface area contributed by atoms with Crippen molar-refractivity contribution in [2.75, 3.05) is 10.6 Å². The predicted molar refractivity (Wildman–Crippen MR) is 126 cm³/mol. The van der Waals surface area contributed by atoms with Crippen molar-refractivity contribution < 1.29 is 4.79 Å². The molecule has 5 heteroatoms. The molecule has 0 radical (unpaired) electrons. The fourth-order valence-corrected chi connectivity index (χ4v) is 3.20. The third-order valence-corrected chi connectivity index (χ3v) is 4.99. The Balaban J connectivity index is 1.42. The predicted octanol–water partition coefficient (Wildman–Crippen LogP) is 6.26. The SMILES string of the molecule is CC(C)c1ccc(NC(=O)c2ccc(Nc3cc(-c4ccccc4)ncn3)cc2)cc1. The van der Waals surface area contributed by atoms with Crippen LogP contribution in [0, 0.1) is 0 Å². The van der Waals surface area contributed by atoms with E-state index >= 15 is 0 Å². The number of benzene rings is 3. The third kappa shape index (κ3) is 5.14. The van der Waals surface area contributed by atoms with Crippen molar-refractivity contribution in [2.45, 2.75) is 19.8 Å². The van der Waals surface area contributed by atoms with E-state index in [0.717, 1.165) is 22.6 Å². The summed E-state index contributed by atoms with van der Waals surface area (Å²) in [5.41, 5.74) is 5.33. The van der Waals surface area contributed by atoms with Crippen molar-refractivity contribution in [3.63, 3.8) is 0 Å². The molecule has 0 aliphatic carbocycles. The number of carbonyl (C=O) groups is 1. The lowest BCUT2D eigenvalue weighted by Gasteiger charge is -2.10. The number of rotatable bonds is 6. The van der Waals surface area contributed by atoms with E-state index in [0.29, 0.717) is 17.3 Å². The zero-order valence-electron chi connectivity index (χ0n) is 17.5. The second kappa shape index (κ2) is 9.22. The maximum Gasteiger partial charge on any atom is 0.255 e. The highest BCUT2D eigenvalue weighted by atomic mass is 16.1. The normalized spacial score (nSPS) is 10.7. The summed E-state index contributed by atoms with van der Waals surface area (Å²) in [6.07, 6.45) is 1.54. The Morgan fingerprint density at radius 3 is 2.16 bits per heavy atom. The number of nitrogens with zero attached hydrogens (tertiary/aromatic N) is 2. The van der Waals surface area contributed by atoms with E-state index < -0.39 is 0 Å². The summed E-state index contributed by atoms with van der Waals surface area (Å²) in [6.45, 7) is 4.29. The molecule has 0 aliphatic heterocycles. The molecule has 3 aromatic carbocycles. The van der Waals surface area contributed by atoms with E-state index in [1.165, 1.54) is 11.9 Å². The molecule has 0 saturated heterocycles. The summed E-state index contributed by atoms with van der Waals surface area (Å²) in [5, 5.41) is 6.20. The molecule has 4 aromatic rings. The van der Waals surface area contributed by atoms with E-state index in [-0.39, 0.29) is 5.91 Å². The molecule has 0 saturated carbocycles. The van der Waals surface area contributed by atoms with Gasteiger partial charge in [-0.2, -0.15) is 0 Å². The van der Waals surface area contributed by atoms with Gasteiger partial charge < -0.3 is 10.6 Å². The molecular weight excluding hydrogens is 384 g/mol. The second-order valence-electron chi connectivity index (χ2n) is 7.59. The van der Waals surface area contributed by atoms with Crippen LogP contribution >= 0.6 is 0 Å². The Hall–Kier alpha value is -3.99. The maximum atomic E-state index is 12.6. The average Bonchev–Trinajstić information content (AvgIpc) is 2.81. The first kappa shape index (κ1) is 20.3. The Morgan fingerprint density at radius 2 is 1.48 bits per heavy atom. The molecule has 0 unspecified atom stereocenters. The Kier molecular flexibility index (Phi) is 6.03. The van der Waals surface area contributed by atoms with E-state index in [4.69, 9.17) is 0 Å². The topological polar surface area (TPSA) is 66.9 Å². The summed E-state index contributed by atoms with van der Waals surface area (Å²) in [7, 11) is 0. The molecule has 0 aliphatic rings. The lowest BCUT2D eigenvalue weighted by atomic mass is 10.0. The van der Waals surface area contributed by atoms with Gasteiger partial charge in [-0.3, -0.25) is 4.79 Å². The molecule has 4 rings (SSSR count). The molecular formula is C26H24N4O. The second-order valence-corrected chi connectivity index (χ2v) is 7.59. The molecule has 5 nitrogen and oxygen atoms in total. The molecule has 2 N–H and O–H groups in total. The van der Waals surface area contributed by atoms with Crippen molar-refractivity contribution in [3.05, 3.63) is 102 Å². The lowest BCUT2D eigenvalue weighted by Crippen LogP contribution is -2.11. The monoisotopic (exact) mass is 408 g/mol. The van der Waals surface area contributed by atoms with Gasteiger partial charge in [-0.05, 0) is 47.9 Å². The standard InChI is InChI=1S/C26H24N4O/c1-18(2)19-8-12-23(13-9-19)30-26(31)21-10-14-22(15-11-21)29-25-16-24(27-17-28-25)20-6-4-3-5-7-20/h3-18H,1-2H3,(H,30,31)(H,27,28,29). The first-order valence-corrected chi connectivity index (χ1v) is 10.2. The highest BCUT2D eigenvalue weighted by Gasteiger charge is 2.08. The van der Waals surface area contributed by atoms with Crippen molar-refractivity contribution >= 4 is 23.1 Å². The highest BCUT2D eigenvalue weighted by molar-refractivity contribution is 6.04. The first-order valence-electron chi connectivity index (χ1n) is 10.2. The first-order chi connectivity index (χ1) is 15.1. The van der Waals surface area contributed by atoms with Crippen LogP contribution in [0.5, 0.6) is 0 Å². The van der Waals surface area contributed by atoms with Crippen molar-refractivity contribution in [1.82, 2.24) is 9.97 Å². The summed E-state index contributed by atoms with van der Waals surface area (Å²) >= 11 is 0. The molecule has 0 fully saturated rings. The minimum Gasteiger partial charge on any atom is -0.340 e. The summed E-state index contributed by atoms with van der Waals surface area (Å²) in [4.78, 5) is 21.2. The van der Waals surface area contributed by atoms with Gasteiger partial charge in [0.05, 0.1) is 5.69 Å².